The molecule has 0 aliphatic heterocycles. The van der Waals surface area contributed by atoms with E-state index in [0.29, 0.717) is 12.8 Å². The molecule has 0 aliphatic carbocycles. The molecule has 0 saturated heterocycles. The van der Waals surface area contributed by atoms with E-state index < -0.39 is 6.10 Å². The molecule has 0 amide bonds. The second kappa shape index (κ2) is 60.2. The number of hydrogen-bond acceptors (Lipinski definition) is 5. The zero-order valence-corrected chi connectivity index (χ0v) is 46.3. The minimum absolute atomic E-state index is 0.0587. The molecule has 69 heavy (non-hydrogen) atoms. The highest BCUT2D eigenvalue weighted by Crippen LogP contribution is 2.18. The van der Waals surface area contributed by atoms with E-state index in [1.807, 2.05) is 0 Å². The Kier molecular flexibility index (Phi) is 58.3. The number of unbranched alkanes of at least 4 members (excludes halogenated alkanes) is 41. The second-order valence-electron chi connectivity index (χ2n) is 20.8. The number of hydrogen-bond donors (Lipinski definition) is 1. The van der Waals surface area contributed by atoms with Gasteiger partial charge in [0.25, 0.3) is 0 Å². The fourth-order valence-electron chi connectivity index (χ4n) is 9.32. The van der Waals surface area contributed by atoms with Crippen molar-refractivity contribution < 1.29 is 24.2 Å². The molecule has 5 nitrogen and oxygen atoms in total. The largest absolute Gasteiger partial charge is 0.462 e. The molecule has 0 fully saturated rings. The molecular formula is C64H118O5. The molecule has 0 aromatic rings. The van der Waals surface area contributed by atoms with Crippen LogP contribution in [0.5, 0.6) is 0 Å². The predicted molar refractivity (Wildman–Crippen MR) is 302 cm³/mol. The summed E-state index contributed by atoms with van der Waals surface area (Å²) in [6, 6.07) is 0. The van der Waals surface area contributed by atoms with Crippen molar-refractivity contribution in [3.63, 3.8) is 0 Å². The SMILES string of the molecule is CC/C=C\C/C=C\C/C=C\C/C=C\CCCCCCCCCCCCCCCCCCCCCCCCCCCCCCC(=O)OC(CO)COC(=O)CCCCCCCCCCCCCCCC. The molecule has 404 valence electrons. The van der Waals surface area contributed by atoms with Crippen molar-refractivity contribution >= 4 is 11.9 Å². The quantitative estimate of drug-likeness (QED) is 0.0373. The molecule has 0 bridgehead atoms. The first-order valence-electron chi connectivity index (χ1n) is 30.7. The lowest BCUT2D eigenvalue weighted by atomic mass is 10.0. The molecule has 0 aliphatic rings. The molecule has 1 N–H and O–H groups in total. The third-order valence-electron chi connectivity index (χ3n) is 13.9. The van der Waals surface area contributed by atoms with E-state index in [1.165, 1.54) is 244 Å². The van der Waals surface area contributed by atoms with E-state index in [2.05, 4.69) is 62.5 Å². The average molecular weight is 968 g/mol. The Morgan fingerprint density at radius 1 is 0.348 bits per heavy atom. The van der Waals surface area contributed by atoms with Crippen molar-refractivity contribution in [3.8, 4) is 0 Å². The van der Waals surface area contributed by atoms with Gasteiger partial charge in [0.1, 0.15) is 6.61 Å². The molecule has 0 saturated carbocycles. The van der Waals surface area contributed by atoms with Crippen molar-refractivity contribution in [1.82, 2.24) is 0 Å². The number of aliphatic hydroxyl groups excluding tert-OH is 1. The average Bonchev–Trinajstić information content (AvgIpc) is 3.35. The van der Waals surface area contributed by atoms with Crippen molar-refractivity contribution in [2.24, 2.45) is 0 Å². The Morgan fingerprint density at radius 2 is 0.623 bits per heavy atom. The summed E-state index contributed by atoms with van der Waals surface area (Å²) in [5.74, 6) is -0.571. The van der Waals surface area contributed by atoms with Crippen LogP contribution in [-0.4, -0.2) is 36.4 Å². The van der Waals surface area contributed by atoms with Gasteiger partial charge >= 0.3 is 11.9 Å². The molecule has 0 heterocycles. The lowest BCUT2D eigenvalue weighted by Gasteiger charge is -2.15. The van der Waals surface area contributed by atoms with Gasteiger partial charge in [-0.15, -0.1) is 0 Å². The summed E-state index contributed by atoms with van der Waals surface area (Å²) in [7, 11) is 0. The van der Waals surface area contributed by atoms with Crippen molar-refractivity contribution in [2.45, 2.75) is 335 Å². The number of aliphatic hydroxyl groups is 1. The fourth-order valence-corrected chi connectivity index (χ4v) is 9.32. The Morgan fingerprint density at radius 3 is 0.942 bits per heavy atom. The van der Waals surface area contributed by atoms with Crippen LogP contribution >= 0.6 is 0 Å². The number of carbonyl (C=O) groups is 2. The first-order chi connectivity index (χ1) is 34.1. The van der Waals surface area contributed by atoms with E-state index in [-0.39, 0.29) is 25.2 Å². The van der Waals surface area contributed by atoms with E-state index >= 15 is 0 Å². The molecule has 0 aromatic heterocycles. The van der Waals surface area contributed by atoms with Gasteiger partial charge in [-0.1, -0.05) is 313 Å². The van der Waals surface area contributed by atoms with Crippen molar-refractivity contribution in [1.29, 1.82) is 0 Å². The van der Waals surface area contributed by atoms with Crippen LogP contribution in [0.4, 0.5) is 0 Å². The van der Waals surface area contributed by atoms with Crippen molar-refractivity contribution in [3.05, 3.63) is 48.6 Å². The van der Waals surface area contributed by atoms with E-state index in [1.54, 1.807) is 0 Å². The first kappa shape index (κ1) is 66.9. The maximum atomic E-state index is 12.3. The summed E-state index contributed by atoms with van der Waals surface area (Å²) in [6.07, 6.45) is 79.9. The zero-order valence-electron chi connectivity index (χ0n) is 46.3. The number of rotatable bonds is 57. The van der Waals surface area contributed by atoms with Crippen LogP contribution in [0.15, 0.2) is 48.6 Å². The van der Waals surface area contributed by atoms with Crippen LogP contribution in [0.1, 0.15) is 328 Å². The number of ether oxygens (including phenoxy) is 2. The van der Waals surface area contributed by atoms with Crippen LogP contribution in [0.3, 0.4) is 0 Å². The normalized spacial score (nSPS) is 12.4. The Labute approximate surface area is 430 Å². The molecule has 1 unspecified atom stereocenters. The highest BCUT2D eigenvalue weighted by Gasteiger charge is 2.16. The maximum Gasteiger partial charge on any atom is 0.306 e. The second-order valence-corrected chi connectivity index (χ2v) is 20.8. The third kappa shape index (κ3) is 58.3. The van der Waals surface area contributed by atoms with Gasteiger partial charge in [-0.3, -0.25) is 9.59 Å². The summed E-state index contributed by atoms with van der Waals surface area (Å²) in [4.78, 5) is 24.5. The van der Waals surface area contributed by atoms with Gasteiger partial charge in [-0.25, -0.2) is 0 Å². The first-order valence-corrected chi connectivity index (χ1v) is 30.7. The van der Waals surface area contributed by atoms with Gasteiger partial charge in [0.15, 0.2) is 6.10 Å². The molecule has 0 rings (SSSR count). The summed E-state index contributed by atoms with van der Waals surface area (Å²) < 4.78 is 10.7. The monoisotopic (exact) mass is 967 g/mol. The van der Waals surface area contributed by atoms with Crippen molar-refractivity contribution in [2.75, 3.05) is 13.2 Å². The number of carbonyl (C=O) groups excluding carboxylic acids is 2. The van der Waals surface area contributed by atoms with E-state index in [4.69, 9.17) is 9.47 Å². The minimum Gasteiger partial charge on any atom is -0.462 e. The van der Waals surface area contributed by atoms with E-state index in [0.717, 1.165) is 57.8 Å². The fraction of sp³-hybridized carbons (Fsp3) is 0.844. The van der Waals surface area contributed by atoms with Crippen LogP contribution in [0.2, 0.25) is 0 Å². The van der Waals surface area contributed by atoms with Gasteiger partial charge in [-0.2, -0.15) is 0 Å². The molecule has 0 radical (unpaired) electrons. The molecule has 1 atom stereocenters. The Bertz CT molecular complexity index is 1140. The standard InChI is InChI=1S/C64H118O5/c1-3-5-7-9-11-13-15-17-19-20-21-22-23-24-25-26-27-28-29-30-31-32-33-34-35-36-37-38-39-40-41-42-43-44-45-47-49-51-53-55-57-59-64(67)69-62(60-65)61-68-63(66)58-56-54-52-50-48-46-18-16-14-12-10-8-6-4-2/h5,7,11,13,17,19,21-22,62,65H,3-4,6,8-10,12,14-16,18,20,23-61H2,1-2H3/b7-5-,13-11-,19-17-,22-21-. The van der Waals surface area contributed by atoms with Crippen LogP contribution < -0.4 is 0 Å². The maximum absolute atomic E-state index is 12.3. The third-order valence-corrected chi connectivity index (χ3v) is 13.9. The smallest absolute Gasteiger partial charge is 0.306 e. The molecular weight excluding hydrogens is 849 g/mol. The summed E-state index contributed by atoms with van der Waals surface area (Å²) in [6.45, 7) is 4.07. The zero-order chi connectivity index (χ0) is 49.9. The summed E-state index contributed by atoms with van der Waals surface area (Å²) in [5, 5.41) is 9.64. The summed E-state index contributed by atoms with van der Waals surface area (Å²) in [5.41, 5.74) is 0. The Hall–Kier alpha value is -2.14. The van der Waals surface area contributed by atoms with Crippen LogP contribution in [0, 0.1) is 0 Å². The number of allylic oxidation sites excluding steroid dienone is 8. The molecule has 0 aromatic carbocycles. The topological polar surface area (TPSA) is 72.8 Å². The highest BCUT2D eigenvalue weighted by atomic mass is 16.6. The number of esters is 2. The lowest BCUT2D eigenvalue weighted by Crippen LogP contribution is -2.28. The molecule has 0 spiro atoms. The van der Waals surface area contributed by atoms with Gasteiger partial charge in [0.2, 0.25) is 0 Å². The lowest BCUT2D eigenvalue weighted by molar-refractivity contribution is -0.161. The highest BCUT2D eigenvalue weighted by molar-refractivity contribution is 5.70. The van der Waals surface area contributed by atoms with Gasteiger partial charge in [-0.05, 0) is 51.4 Å². The van der Waals surface area contributed by atoms with Crippen LogP contribution in [-0.2, 0) is 19.1 Å². The molecule has 5 heteroatoms. The van der Waals surface area contributed by atoms with Gasteiger partial charge in [0, 0.05) is 12.8 Å². The van der Waals surface area contributed by atoms with E-state index in [9.17, 15) is 14.7 Å². The predicted octanol–water partition coefficient (Wildman–Crippen LogP) is 20.8. The van der Waals surface area contributed by atoms with Gasteiger partial charge in [0.05, 0.1) is 6.61 Å². The minimum atomic E-state index is -0.766. The Balaban J connectivity index is 3.35. The summed E-state index contributed by atoms with van der Waals surface area (Å²) >= 11 is 0. The van der Waals surface area contributed by atoms with Crippen LogP contribution in [0.25, 0.3) is 0 Å². The van der Waals surface area contributed by atoms with Gasteiger partial charge < -0.3 is 14.6 Å².